The van der Waals surface area contributed by atoms with Gasteiger partial charge in [0.1, 0.15) is 5.52 Å². The molecular formula is C22H24F3N5O2. The van der Waals surface area contributed by atoms with Gasteiger partial charge in [-0.15, -0.1) is 0 Å². The molecule has 0 spiro atoms. The van der Waals surface area contributed by atoms with E-state index in [2.05, 4.69) is 15.0 Å². The quantitative estimate of drug-likeness (QED) is 0.590. The first kappa shape index (κ1) is 20.8. The first-order valence-electron chi connectivity index (χ1n) is 10.8. The molecule has 32 heavy (non-hydrogen) atoms. The van der Waals surface area contributed by atoms with Crippen molar-refractivity contribution in [1.29, 1.82) is 0 Å². The van der Waals surface area contributed by atoms with Gasteiger partial charge >= 0.3 is 6.18 Å². The van der Waals surface area contributed by atoms with Crippen LogP contribution in [0.15, 0.2) is 18.2 Å². The van der Waals surface area contributed by atoms with Gasteiger partial charge in [0.2, 0.25) is 11.8 Å². The fourth-order valence-corrected chi connectivity index (χ4v) is 4.24. The number of hydrogen-bond donors (Lipinski definition) is 1. The van der Waals surface area contributed by atoms with Gasteiger partial charge in [0.05, 0.1) is 25.5 Å². The lowest BCUT2D eigenvalue weighted by atomic mass is 10.2. The minimum absolute atomic E-state index is 0.0308. The number of rotatable bonds is 6. The number of imidazole rings is 1. The van der Waals surface area contributed by atoms with Gasteiger partial charge < -0.3 is 15.2 Å². The number of alkyl halides is 3. The molecule has 0 amide bonds. The van der Waals surface area contributed by atoms with E-state index in [-0.39, 0.29) is 30.2 Å². The first-order valence-corrected chi connectivity index (χ1v) is 10.8. The summed E-state index contributed by atoms with van der Waals surface area (Å²) in [5.41, 5.74) is 7.69. The molecule has 7 nitrogen and oxygen atoms in total. The first-order chi connectivity index (χ1) is 15.3. The molecule has 0 aliphatic heterocycles. The van der Waals surface area contributed by atoms with E-state index in [1.54, 1.807) is 13.2 Å². The van der Waals surface area contributed by atoms with Gasteiger partial charge in [0, 0.05) is 5.92 Å². The zero-order valence-electron chi connectivity index (χ0n) is 17.7. The lowest BCUT2D eigenvalue weighted by Crippen LogP contribution is -2.14. The van der Waals surface area contributed by atoms with Crippen molar-refractivity contribution in [3.63, 3.8) is 0 Å². The molecule has 5 rings (SSSR count). The van der Waals surface area contributed by atoms with Gasteiger partial charge in [-0.3, -0.25) is 4.57 Å². The Morgan fingerprint density at radius 3 is 2.47 bits per heavy atom. The molecule has 2 saturated carbocycles. The second kappa shape index (κ2) is 7.83. The maximum Gasteiger partial charge on any atom is 0.451 e. The molecule has 2 aliphatic carbocycles. The zero-order chi connectivity index (χ0) is 22.5. The maximum atomic E-state index is 13.5. The van der Waals surface area contributed by atoms with Crippen molar-refractivity contribution in [2.75, 3.05) is 12.8 Å². The van der Waals surface area contributed by atoms with Crippen LogP contribution in [0.1, 0.15) is 61.5 Å². The van der Waals surface area contributed by atoms with Crippen molar-refractivity contribution < 1.29 is 22.6 Å². The summed E-state index contributed by atoms with van der Waals surface area (Å²) in [7, 11) is 1.58. The molecule has 170 valence electrons. The summed E-state index contributed by atoms with van der Waals surface area (Å²) in [6.45, 7) is 0.200. The molecule has 10 heteroatoms. The highest BCUT2D eigenvalue weighted by molar-refractivity contribution is 5.78. The molecule has 1 aromatic carbocycles. The van der Waals surface area contributed by atoms with Crippen molar-refractivity contribution >= 4 is 17.1 Å². The minimum atomic E-state index is -4.65. The molecule has 0 unspecified atom stereocenters. The number of nitrogen functional groups attached to an aromatic ring is 1. The largest absolute Gasteiger partial charge is 0.493 e. The number of hydrogen-bond acceptors (Lipinski definition) is 6. The minimum Gasteiger partial charge on any atom is -0.493 e. The van der Waals surface area contributed by atoms with E-state index in [9.17, 15) is 13.2 Å². The lowest BCUT2D eigenvalue weighted by molar-refractivity contribution is -0.144. The van der Waals surface area contributed by atoms with Crippen molar-refractivity contribution in [3.8, 4) is 11.5 Å². The lowest BCUT2D eigenvalue weighted by Gasteiger charge is -2.17. The van der Waals surface area contributed by atoms with Gasteiger partial charge in [-0.2, -0.15) is 13.2 Å². The Hall–Kier alpha value is -3.04. The fourth-order valence-electron chi connectivity index (χ4n) is 4.24. The molecule has 0 bridgehead atoms. The maximum absolute atomic E-state index is 13.5. The zero-order valence-corrected chi connectivity index (χ0v) is 17.7. The van der Waals surface area contributed by atoms with Gasteiger partial charge in [0.15, 0.2) is 17.1 Å². The van der Waals surface area contributed by atoms with Crippen LogP contribution in [0.5, 0.6) is 11.5 Å². The highest BCUT2D eigenvalue weighted by Gasteiger charge is 2.39. The third-order valence-corrected chi connectivity index (χ3v) is 6.03. The van der Waals surface area contributed by atoms with E-state index in [1.165, 1.54) is 4.57 Å². The van der Waals surface area contributed by atoms with Crippen LogP contribution in [-0.2, 0) is 12.7 Å². The van der Waals surface area contributed by atoms with Crippen LogP contribution in [0, 0.1) is 0 Å². The van der Waals surface area contributed by atoms with Crippen LogP contribution in [-0.4, -0.2) is 32.7 Å². The van der Waals surface area contributed by atoms with E-state index in [1.807, 2.05) is 12.1 Å². The van der Waals surface area contributed by atoms with Crippen LogP contribution in [0.3, 0.4) is 0 Å². The van der Waals surface area contributed by atoms with Crippen molar-refractivity contribution in [2.45, 2.75) is 63.3 Å². The van der Waals surface area contributed by atoms with E-state index >= 15 is 0 Å². The van der Waals surface area contributed by atoms with E-state index in [4.69, 9.17) is 15.2 Å². The second-order valence-electron chi connectivity index (χ2n) is 8.44. The molecule has 0 atom stereocenters. The van der Waals surface area contributed by atoms with Crippen molar-refractivity contribution in [3.05, 3.63) is 35.3 Å². The van der Waals surface area contributed by atoms with Gasteiger partial charge in [-0.25, -0.2) is 15.0 Å². The molecule has 0 radical (unpaired) electrons. The SMILES string of the molecule is COc1ccc(Cn2c(N)nc3c(C4CC4)nc(C(F)(F)F)nc32)cc1OC1CCCC1. The number of anilines is 1. The van der Waals surface area contributed by atoms with Crippen LogP contribution in [0.25, 0.3) is 11.2 Å². The van der Waals surface area contributed by atoms with Gasteiger partial charge in [0.25, 0.3) is 0 Å². The standard InChI is InChI=1S/C22H24F3N5O2/c1-31-15-9-6-12(10-16(15)32-14-4-2-3-5-14)11-30-19-18(28-21(30)26)17(13-7-8-13)27-20(29-19)22(23,24)25/h6,9-10,13-14H,2-5,7-8,11H2,1H3,(H2,26,28). The summed E-state index contributed by atoms with van der Waals surface area (Å²) in [5, 5.41) is 0. The topological polar surface area (TPSA) is 88.1 Å². The Kier molecular flexibility index (Phi) is 5.10. The Morgan fingerprint density at radius 2 is 1.81 bits per heavy atom. The summed E-state index contributed by atoms with van der Waals surface area (Å²) >= 11 is 0. The number of methoxy groups -OCH3 is 1. The summed E-state index contributed by atoms with van der Waals surface area (Å²) in [6, 6.07) is 5.47. The summed E-state index contributed by atoms with van der Waals surface area (Å²) in [6.07, 6.45) is 1.32. The van der Waals surface area contributed by atoms with E-state index in [0.717, 1.165) is 44.1 Å². The predicted octanol–water partition coefficient (Wildman–Crippen LogP) is 4.68. The number of fused-ring (bicyclic) bond motifs is 1. The molecule has 2 fully saturated rings. The Labute approximate surface area is 182 Å². The number of benzene rings is 1. The molecular weight excluding hydrogens is 423 g/mol. The number of halogens is 3. The number of ether oxygens (including phenoxy) is 2. The smallest absolute Gasteiger partial charge is 0.451 e. The van der Waals surface area contributed by atoms with Crippen LogP contribution < -0.4 is 15.2 Å². The fraction of sp³-hybridized carbons (Fsp3) is 0.500. The molecule has 2 N–H and O–H groups in total. The molecule has 2 aromatic heterocycles. The Bertz CT molecular complexity index is 1150. The van der Waals surface area contributed by atoms with E-state index in [0.29, 0.717) is 22.7 Å². The highest BCUT2D eigenvalue weighted by Crippen LogP contribution is 2.43. The Morgan fingerprint density at radius 1 is 1.06 bits per heavy atom. The van der Waals surface area contributed by atoms with Gasteiger partial charge in [-0.1, -0.05) is 6.07 Å². The third kappa shape index (κ3) is 3.93. The molecule has 2 aliphatic rings. The monoisotopic (exact) mass is 447 g/mol. The van der Waals surface area contributed by atoms with Crippen LogP contribution in [0.2, 0.25) is 0 Å². The molecule has 2 heterocycles. The third-order valence-electron chi connectivity index (χ3n) is 6.03. The van der Waals surface area contributed by atoms with E-state index < -0.39 is 12.0 Å². The van der Waals surface area contributed by atoms with Gasteiger partial charge in [-0.05, 0) is 56.2 Å². The van der Waals surface area contributed by atoms with Crippen molar-refractivity contribution in [2.24, 2.45) is 0 Å². The normalized spacial score (nSPS) is 17.2. The van der Waals surface area contributed by atoms with Crippen LogP contribution >= 0.6 is 0 Å². The Balaban J connectivity index is 1.54. The predicted molar refractivity (Wildman–Crippen MR) is 112 cm³/mol. The molecule has 3 aromatic rings. The van der Waals surface area contributed by atoms with Crippen molar-refractivity contribution in [1.82, 2.24) is 19.5 Å². The summed E-state index contributed by atoms with van der Waals surface area (Å²) < 4.78 is 53.4. The number of aromatic nitrogens is 4. The summed E-state index contributed by atoms with van der Waals surface area (Å²) in [4.78, 5) is 11.9. The summed E-state index contributed by atoms with van der Waals surface area (Å²) in [5.74, 6) is 0.139. The number of nitrogens with two attached hydrogens (primary N) is 1. The van der Waals surface area contributed by atoms with Crippen LogP contribution in [0.4, 0.5) is 19.1 Å². The average Bonchev–Trinajstić information content (AvgIpc) is 3.38. The second-order valence-corrected chi connectivity index (χ2v) is 8.44. The average molecular weight is 447 g/mol. The highest BCUT2D eigenvalue weighted by atomic mass is 19.4. The number of nitrogens with zero attached hydrogens (tertiary/aromatic N) is 4. The molecule has 0 saturated heterocycles.